The highest BCUT2D eigenvalue weighted by molar-refractivity contribution is 9.10. The number of nitrogens with zero attached hydrogens (tertiary/aromatic N) is 1. The first-order valence-electron chi connectivity index (χ1n) is 5.91. The first-order valence-corrected chi connectivity index (χ1v) is 6.71. The predicted octanol–water partition coefficient (Wildman–Crippen LogP) is 1.86. The Kier molecular flexibility index (Phi) is 3.12. The van der Waals surface area contributed by atoms with Gasteiger partial charge in [-0.05, 0) is 17.7 Å². The molecule has 3 rings (SSSR count). The van der Waals surface area contributed by atoms with Crippen molar-refractivity contribution in [1.29, 1.82) is 0 Å². The number of fused-ring (bicyclic) bond motifs is 1. The molecule has 0 radical (unpaired) electrons. The zero-order valence-corrected chi connectivity index (χ0v) is 11.5. The van der Waals surface area contributed by atoms with Crippen LogP contribution in [0.4, 0.5) is 0 Å². The molecule has 0 aliphatic carbocycles. The molecule has 2 aromatic rings. The molecular weight excluding hydrogens is 310 g/mol. The summed E-state index contributed by atoms with van der Waals surface area (Å²) in [6.45, 7) is 0. The molecule has 1 aliphatic heterocycles. The summed E-state index contributed by atoms with van der Waals surface area (Å²) in [5.41, 5.74) is 2.77. The van der Waals surface area contributed by atoms with E-state index in [1.807, 2.05) is 24.3 Å². The number of carbonyl (C=O) groups is 1. The van der Waals surface area contributed by atoms with E-state index in [0.29, 0.717) is 6.42 Å². The maximum Gasteiger partial charge on any atom is 0.321 e. The summed E-state index contributed by atoms with van der Waals surface area (Å²) < 4.78 is 0.990. The molecule has 0 unspecified atom stereocenters. The number of benzene rings is 1. The standard InChI is InChI=1S/C13H12BrN3O2/c14-8-3-1-7(2-4-8)11-12-9(15-6-16-12)5-10(17-11)13(18)19/h1-4,6,10-11,17H,5H2,(H,15,16)(H,18,19)/t10-,11-/m1/s1. The zero-order chi connectivity index (χ0) is 13.4. The smallest absolute Gasteiger partial charge is 0.321 e. The number of rotatable bonds is 2. The second-order valence-corrected chi connectivity index (χ2v) is 5.43. The Labute approximate surface area is 118 Å². The summed E-state index contributed by atoms with van der Waals surface area (Å²) in [5.74, 6) is -0.845. The molecule has 0 spiro atoms. The van der Waals surface area contributed by atoms with Gasteiger partial charge in [0.05, 0.1) is 18.1 Å². The number of carboxylic acids is 1. The lowest BCUT2D eigenvalue weighted by atomic mass is 9.94. The van der Waals surface area contributed by atoms with Crippen molar-refractivity contribution in [2.45, 2.75) is 18.5 Å². The number of hydrogen-bond acceptors (Lipinski definition) is 3. The molecule has 0 saturated carbocycles. The van der Waals surface area contributed by atoms with Gasteiger partial charge in [0, 0.05) is 16.6 Å². The van der Waals surface area contributed by atoms with Crippen LogP contribution in [-0.2, 0) is 11.2 Å². The summed E-state index contributed by atoms with van der Waals surface area (Å²) in [4.78, 5) is 18.6. The van der Waals surface area contributed by atoms with Gasteiger partial charge in [0.1, 0.15) is 6.04 Å². The molecule has 98 valence electrons. The Bertz CT molecular complexity index is 609. The summed E-state index contributed by atoms with van der Waals surface area (Å²) >= 11 is 3.39. The second-order valence-electron chi connectivity index (χ2n) is 4.51. The molecule has 0 saturated heterocycles. The van der Waals surface area contributed by atoms with Crippen LogP contribution in [0.3, 0.4) is 0 Å². The van der Waals surface area contributed by atoms with Gasteiger partial charge in [-0.15, -0.1) is 0 Å². The highest BCUT2D eigenvalue weighted by atomic mass is 79.9. The third kappa shape index (κ3) is 2.29. The molecule has 1 aromatic carbocycles. The van der Waals surface area contributed by atoms with Crippen LogP contribution in [0.5, 0.6) is 0 Å². The topological polar surface area (TPSA) is 78.0 Å². The van der Waals surface area contributed by atoms with Gasteiger partial charge in [0.2, 0.25) is 0 Å². The van der Waals surface area contributed by atoms with Gasteiger partial charge < -0.3 is 10.1 Å². The number of carboxylic acid groups (broad SMARTS) is 1. The Morgan fingerprint density at radius 2 is 2.11 bits per heavy atom. The minimum Gasteiger partial charge on any atom is -0.480 e. The fraction of sp³-hybridized carbons (Fsp3) is 0.231. The van der Waals surface area contributed by atoms with Gasteiger partial charge in [-0.25, -0.2) is 4.98 Å². The fourth-order valence-electron chi connectivity index (χ4n) is 2.35. The van der Waals surface area contributed by atoms with E-state index < -0.39 is 12.0 Å². The molecule has 0 amide bonds. The van der Waals surface area contributed by atoms with Gasteiger partial charge in [0.15, 0.2) is 0 Å². The molecule has 1 aromatic heterocycles. The van der Waals surface area contributed by atoms with Crippen LogP contribution >= 0.6 is 15.9 Å². The predicted molar refractivity (Wildman–Crippen MR) is 72.8 cm³/mol. The van der Waals surface area contributed by atoms with Gasteiger partial charge in [-0.2, -0.15) is 0 Å². The van der Waals surface area contributed by atoms with Crippen molar-refractivity contribution < 1.29 is 9.90 Å². The van der Waals surface area contributed by atoms with E-state index >= 15 is 0 Å². The number of hydrogen-bond donors (Lipinski definition) is 3. The second kappa shape index (κ2) is 4.79. The van der Waals surface area contributed by atoms with Crippen LogP contribution in [-0.4, -0.2) is 27.1 Å². The molecule has 6 heteroatoms. The van der Waals surface area contributed by atoms with E-state index in [4.69, 9.17) is 0 Å². The lowest BCUT2D eigenvalue weighted by molar-refractivity contribution is -0.139. The van der Waals surface area contributed by atoms with Crippen molar-refractivity contribution in [3.8, 4) is 0 Å². The number of H-pyrrole nitrogens is 1. The molecule has 1 aliphatic rings. The van der Waals surface area contributed by atoms with Crippen molar-refractivity contribution in [2.24, 2.45) is 0 Å². The van der Waals surface area contributed by atoms with E-state index in [1.54, 1.807) is 6.33 Å². The number of imidazole rings is 1. The maximum absolute atomic E-state index is 11.2. The van der Waals surface area contributed by atoms with Gasteiger partial charge >= 0.3 is 5.97 Å². The summed E-state index contributed by atoms with van der Waals surface area (Å²) in [7, 11) is 0. The van der Waals surface area contributed by atoms with E-state index in [2.05, 4.69) is 31.2 Å². The van der Waals surface area contributed by atoms with Crippen molar-refractivity contribution in [3.05, 3.63) is 52.0 Å². The molecule has 5 nitrogen and oxygen atoms in total. The average Bonchev–Trinajstić information content (AvgIpc) is 2.86. The van der Waals surface area contributed by atoms with Crippen LogP contribution in [0.2, 0.25) is 0 Å². The van der Waals surface area contributed by atoms with Crippen LogP contribution in [0, 0.1) is 0 Å². The normalized spacial score (nSPS) is 21.9. The number of nitrogens with one attached hydrogen (secondary N) is 2. The average molecular weight is 322 g/mol. The number of aliphatic carboxylic acids is 1. The minimum atomic E-state index is -0.845. The van der Waals surface area contributed by atoms with Crippen molar-refractivity contribution in [1.82, 2.24) is 15.3 Å². The van der Waals surface area contributed by atoms with E-state index in [0.717, 1.165) is 21.4 Å². The Balaban J connectivity index is 2.00. The van der Waals surface area contributed by atoms with Crippen molar-refractivity contribution >= 4 is 21.9 Å². The highest BCUT2D eigenvalue weighted by Gasteiger charge is 2.32. The molecular formula is C13H12BrN3O2. The van der Waals surface area contributed by atoms with Crippen LogP contribution in [0.25, 0.3) is 0 Å². The molecule has 0 fully saturated rings. The summed E-state index contributed by atoms with van der Waals surface area (Å²) in [5, 5.41) is 12.3. The number of aromatic nitrogens is 2. The van der Waals surface area contributed by atoms with Crippen LogP contribution in [0.1, 0.15) is 23.0 Å². The molecule has 19 heavy (non-hydrogen) atoms. The van der Waals surface area contributed by atoms with E-state index in [-0.39, 0.29) is 6.04 Å². The SMILES string of the molecule is O=C(O)[C@H]1Cc2[nH]cnc2[C@@H](c2ccc(Br)cc2)N1. The minimum absolute atomic E-state index is 0.191. The first kappa shape index (κ1) is 12.4. The largest absolute Gasteiger partial charge is 0.480 e. The monoisotopic (exact) mass is 321 g/mol. The van der Waals surface area contributed by atoms with Gasteiger partial charge in [-0.1, -0.05) is 28.1 Å². The maximum atomic E-state index is 11.2. The molecule has 0 bridgehead atoms. The van der Waals surface area contributed by atoms with Gasteiger partial charge in [0.25, 0.3) is 0 Å². The molecule has 3 N–H and O–H groups in total. The van der Waals surface area contributed by atoms with Crippen molar-refractivity contribution in [3.63, 3.8) is 0 Å². The fourth-order valence-corrected chi connectivity index (χ4v) is 2.62. The lowest BCUT2D eigenvalue weighted by Crippen LogP contribution is -2.45. The Hall–Kier alpha value is -1.66. The summed E-state index contributed by atoms with van der Waals surface area (Å²) in [6, 6.07) is 7.02. The highest BCUT2D eigenvalue weighted by Crippen LogP contribution is 2.29. The van der Waals surface area contributed by atoms with Crippen LogP contribution < -0.4 is 5.32 Å². The van der Waals surface area contributed by atoms with Crippen LogP contribution in [0.15, 0.2) is 35.1 Å². The summed E-state index contributed by atoms with van der Waals surface area (Å²) in [6.07, 6.45) is 2.04. The quantitative estimate of drug-likeness (QED) is 0.789. The first-order chi connectivity index (χ1) is 9.15. The van der Waals surface area contributed by atoms with Crippen molar-refractivity contribution in [2.75, 3.05) is 0 Å². The van der Waals surface area contributed by atoms with E-state index in [9.17, 15) is 9.90 Å². The molecule has 2 atom stereocenters. The third-order valence-corrected chi connectivity index (χ3v) is 3.83. The van der Waals surface area contributed by atoms with E-state index in [1.165, 1.54) is 0 Å². The molecule has 2 heterocycles. The third-order valence-electron chi connectivity index (χ3n) is 3.30. The Morgan fingerprint density at radius 3 is 2.79 bits per heavy atom. The zero-order valence-electron chi connectivity index (χ0n) is 9.93. The lowest BCUT2D eigenvalue weighted by Gasteiger charge is -2.28. The number of aromatic amines is 1. The number of halogens is 1. The Morgan fingerprint density at radius 1 is 1.37 bits per heavy atom. The van der Waals surface area contributed by atoms with Gasteiger partial charge in [-0.3, -0.25) is 10.1 Å².